The number of hydrogen-bond donors (Lipinski definition) is 1. The first kappa shape index (κ1) is 21.8. The molecule has 30 heavy (non-hydrogen) atoms. The van der Waals surface area contributed by atoms with Crippen LogP contribution in [0.1, 0.15) is 12.8 Å². The molecule has 0 saturated carbocycles. The molecule has 3 aromatic rings. The second kappa shape index (κ2) is 10.2. The van der Waals surface area contributed by atoms with Crippen LogP contribution in [0.15, 0.2) is 77.7 Å². The smallest absolute Gasteiger partial charge is 0.242 e. The molecule has 0 aliphatic heterocycles. The summed E-state index contributed by atoms with van der Waals surface area (Å²) in [6.45, 7) is 1.03. The Labute approximate surface area is 177 Å². The minimum atomic E-state index is -3.52. The molecule has 1 amide bonds. The fraction of sp³-hybridized carbons (Fsp3) is 0.261. The maximum Gasteiger partial charge on any atom is 0.242 e. The number of benzene rings is 3. The zero-order chi connectivity index (χ0) is 21.4. The van der Waals surface area contributed by atoms with Crippen LogP contribution in [0, 0.1) is 0 Å². The van der Waals surface area contributed by atoms with Crippen LogP contribution in [0.3, 0.4) is 0 Å². The molecule has 0 aromatic heterocycles. The van der Waals surface area contributed by atoms with Crippen LogP contribution in [0.5, 0.6) is 5.75 Å². The number of nitrogens with zero attached hydrogens (tertiary/aromatic N) is 1. The predicted molar refractivity (Wildman–Crippen MR) is 118 cm³/mol. The highest BCUT2D eigenvalue weighted by Crippen LogP contribution is 2.24. The van der Waals surface area contributed by atoms with Gasteiger partial charge in [-0.1, -0.05) is 54.6 Å². The Hall–Kier alpha value is -2.90. The van der Waals surface area contributed by atoms with Crippen LogP contribution >= 0.6 is 0 Å². The van der Waals surface area contributed by atoms with E-state index in [0.29, 0.717) is 19.6 Å². The summed E-state index contributed by atoms with van der Waals surface area (Å²) < 4.78 is 32.0. The van der Waals surface area contributed by atoms with Crippen LogP contribution in [-0.2, 0) is 14.8 Å². The average molecular weight is 427 g/mol. The predicted octanol–water partition coefficient (Wildman–Crippen LogP) is 3.44. The van der Waals surface area contributed by atoms with Gasteiger partial charge >= 0.3 is 0 Å². The molecule has 0 heterocycles. The van der Waals surface area contributed by atoms with Crippen molar-refractivity contribution in [2.45, 2.75) is 17.7 Å². The van der Waals surface area contributed by atoms with Gasteiger partial charge in [0, 0.05) is 25.4 Å². The van der Waals surface area contributed by atoms with E-state index >= 15 is 0 Å². The minimum Gasteiger partial charge on any atom is -0.491 e. The van der Waals surface area contributed by atoms with Gasteiger partial charge in [-0.3, -0.25) is 4.79 Å². The normalized spacial score (nSPS) is 11.5. The molecule has 0 bridgehead atoms. The number of sulfonamides is 1. The van der Waals surface area contributed by atoms with Crippen molar-refractivity contribution in [2.24, 2.45) is 0 Å². The third-order valence-corrected chi connectivity index (χ3v) is 6.63. The van der Waals surface area contributed by atoms with E-state index in [4.69, 9.17) is 4.74 Å². The summed E-state index contributed by atoms with van der Waals surface area (Å²) in [4.78, 5) is 12.3. The number of nitrogens with one attached hydrogen (secondary N) is 1. The van der Waals surface area contributed by atoms with E-state index in [0.717, 1.165) is 16.5 Å². The highest BCUT2D eigenvalue weighted by atomic mass is 32.2. The lowest BCUT2D eigenvalue weighted by Crippen LogP contribution is -2.31. The van der Waals surface area contributed by atoms with E-state index in [1.807, 2.05) is 42.5 Å². The van der Waals surface area contributed by atoms with Gasteiger partial charge in [0.25, 0.3) is 0 Å². The Kier molecular flexibility index (Phi) is 7.43. The van der Waals surface area contributed by atoms with Crippen molar-refractivity contribution in [3.05, 3.63) is 72.8 Å². The minimum absolute atomic E-state index is 0.123. The lowest BCUT2D eigenvalue weighted by molar-refractivity contribution is -0.121. The molecule has 0 radical (unpaired) electrons. The van der Waals surface area contributed by atoms with Crippen molar-refractivity contribution in [3.8, 4) is 5.75 Å². The van der Waals surface area contributed by atoms with Gasteiger partial charge < -0.3 is 10.1 Å². The summed E-state index contributed by atoms with van der Waals surface area (Å²) in [5, 5.41) is 4.95. The van der Waals surface area contributed by atoms with Crippen LogP contribution in [0.4, 0.5) is 0 Å². The van der Waals surface area contributed by atoms with Crippen molar-refractivity contribution in [2.75, 3.05) is 26.7 Å². The van der Waals surface area contributed by atoms with Gasteiger partial charge in [0.2, 0.25) is 15.9 Å². The Bertz CT molecular complexity index is 1080. The van der Waals surface area contributed by atoms with E-state index in [-0.39, 0.29) is 23.8 Å². The highest BCUT2D eigenvalue weighted by molar-refractivity contribution is 7.89. The van der Waals surface area contributed by atoms with Gasteiger partial charge in [0.05, 0.1) is 11.4 Å². The maximum absolute atomic E-state index is 12.5. The lowest BCUT2D eigenvalue weighted by atomic mass is 10.1. The van der Waals surface area contributed by atoms with Crippen molar-refractivity contribution < 1.29 is 17.9 Å². The fourth-order valence-corrected chi connectivity index (χ4v) is 4.35. The topological polar surface area (TPSA) is 75.7 Å². The zero-order valence-corrected chi connectivity index (χ0v) is 17.8. The van der Waals surface area contributed by atoms with E-state index in [2.05, 4.69) is 5.32 Å². The van der Waals surface area contributed by atoms with Crippen molar-refractivity contribution in [3.63, 3.8) is 0 Å². The molecule has 7 heteroatoms. The Balaban J connectivity index is 1.38. The molecule has 3 aromatic carbocycles. The summed E-state index contributed by atoms with van der Waals surface area (Å²) in [7, 11) is -2.00. The number of amides is 1. The number of hydrogen-bond acceptors (Lipinski definition) is 4. The van der Waals surface area contributed by atoms with Gasteiger partial charge in [0.1, 0.15) is 12.4 Å². The first-order valence-electron chi connectivity index (χ1n) is 9.87. The molecular weight excluding hydrogens is 400 g/mol. The van der Waals surface area contributed by atoms with Gasteiger partial charge in [0.15, 0.2) is 0 Å². The molecule has 0 aliphatic carbocycles. The largest absolute Gasteiger partial charge is 0.491 e. The van der Waals surface area contributed by atoms with E-state index in [9.17, 15) is 13.2 Å². The molecule has 0 saturated heterocycles. The van der Waals surface area contributed by atoms with Crippen LogP contribution in [0.2, 0.25) is 0 Å². The number of carbonyl (C=O) groups is 1. The monoisotopic (exact) mass is 426 g/mol. The molecule has 158 valence electrons. The molecule has 0 unspecified atom stereocenters. The summed E-state index contributed by atoms with van der Waals surface area (Å²) in [6.07, 6.45) is 0.696. The number of ether oxygens (including phenoxy) is 1. The van der Waals surface area contributed by atoms with Crippen molar-refractivity contribution in [1.82, 2.24) is 9.62 Å². The Morgan fingerprint density at radius 1 is 0.967 bits per heavy atom. The summed E-state index contributed by atoms with van der Waals surface area (Å²) >= 11 is 0. The van der Waals surface area contributed by atoms with Crippen LogP contribution in [0.25, 0.3) is 10.8 Å². The molecule has 0 spiro atoms. The third-order valence-electron chi connectivity index (χ3n) is 4.76. The van der Waals surface area contributed by atoms with E-state index in [1.54, 1.807) is 30.3 Å². The average Bonchev–Trinajstić information content (AvgIpc) is 2.77. The molecule has 6 nitrogen and oxygen atoms in total. The first-order valence-corrected chi connectivity index (χ1v) is 11.3. The van der Waals surface area contributed by atoms with Gasteiger partial charge in [-0.25, -0.2) is 12.7 Å². The maximum atomic E-state index is 12.5. The van der Waals surface area contributed by atoms with Crippen LogP contribution in [-0.4, -0.2) is 45.4 Å². The molecule has 3 rings (SSSR count). The highest BCUT2D eigenvalue weighted by Gasteiger charge is 2.19. The lowest BCUT2D eigenvalue weighted by Gasteiger charge is -2.17. The molecule has 1 N–H and O–H groups in total. The van der Waals surface area contributed by atoms with Crippen LogP contribution < -0.4 is 10.1 Å². The fourth-order valence-electron chi connectivity index (χ4n) is 3.12. The molecule has 0 atom stereocenters. The van der Waals surface area contributed by atoms with E-state index in [1.165, 1.54) is 11.4 Å². The zero-order valence-electron chi connectivity index (χ0n) is 17.0. The third kappa shape index (κ3) is 5.58. The second-order valence-electron chi connectivity index (χ2n) is 6.92. The Morgan fingerprint density at radius 2 is 1.67 bits per heavy atom. The van der Waals surface area contributed by atoms with Gasteiger partial charge in [-0.15, -0.1) is 0 Å². The SMILES string of the molecule is CN(CCCC(=O)NCCOc1cccc2ccccc12)S(=O)(=O)c1ccccc1. The Morgan fingerprint density at radius 3 is 2.47 bits per heavy atom. The number of fused-ring (bicyclic) bond motifs is 1. The number of rotatable bonds is 10. The standard InChI is InChI=1S/C23H26N2O4S/c1-25(30(27,28)20-11-3-2-4-12-20)17-8-15-23(26)24-16-18-29-22-14-7-10-19-9-5-6-13-21(19)22/h2-7,9-14H,8,15-18H2,1H3,(H,24,26). The summed E-state index contributed by atoms with van der Waals surface area (Å²) in [6, 6.07) is 22.1. The quantitative estimate of drug-likeness (QED) is 0.504. The second-order valence-corrected chi connectivity index (χ2v) is 8.96. The van der Waals surface area contributed by atoms with Crippen molar-refractivity contribution in [1.29, 1.82) is 0 Å². The summed E-state index contributed by atoms with van der Waals surface area (Å²) in [5.41, 5.74) is 0. The molecule has 0 fully saturated rings. The first-order chi connectivity index (χ1) is 14.5. The van der Waals surface area contributed by atoms with Gasteiger partial charge in [-0.05, 0) is 30.0 Å². The molecular formula is C23H26N2O4S. The van der Waals surface area contributed by atoms with Gasteiger partial charge in [-0.2, -0.15) is 0 Å². The molecule has 0 aliphatic rings. The van der Waals surface area contributed by atoms with Crippen molar-refractivity contribution >= 4 is 26.7 Å². The summed E-state index contributed by atoms with van der Waals surface area (Å²) in [5.74, 6) is 0.664. The van der Waals surface area contributed by atoms with E-state index < -0.39 is 10.0 Å². The number of carbonyl (C=O) groups excluding carboxylic acids is 1.